The highest BCUT2D eigenvalue weighted by molar-refractivity contribution is 9.11. The number of carbonyl (C=O) groups excluding carboxylic acids is 1. The molecule has 0 radical (unpaired) electrons. The Morgan fingerprint density at radius 1 is 1.25 bits per heavy atom. The molecular weight excluding hydrogens is 334 g/mol. The van der Waals surface area contributed by atoms with Gasteiger partial charge in [0, 0.05) is 22.0 Å². The molecule has 0 spiro atoms. The van der Waals surface area contributed by atoms with Crippen molar-refractivity contribution in [2.45, 2.75) is 6.42 Å². The molecule has 0 aliphatic carbocycles. The van der Waals surface area contributed by atoms with Gasteiger partial charge in [-0.3, -0.25) is 4.79 Å². The van der Waals surface area contributed by atoms with Crippen molar-refractivity contribution in [1.29, 1.82) is 0 Å². The van der Waals surface area contributed by atoms with E-state index in [9.17, 15) is 4.79 Å². The van der Waals surface area contributed by atoms with Crippen molar-refractivity contribution in [3.8, 4) is 0 Å². The van der Waals surface area contributed by atoms with Gasteiger partial charge in [0.15, 0.2) is 0 Å². The molecule has 1 aliphatic heterocycles. The highest BCUT2D eigenvalue weighted by atomic mass is 79.9. The van der Waals surface area contributed by atoms with E-state index in [0.29, 0.717) is 6.54 Å². The summed E-state index contributed by atoms with van der Waals surface area (Å²) < 4.78 is 1.80. The van der Waals surface area contributed by atoms with E-state index in [1.165, 1.54) is 0 Å². The Balaban J connectivity index is 2.23. The number of rotatable bonds is 1. The first-order valence-electron chi connectivity index (χ1n) is 5.08. The summed E-state index contributed by atoms with van der Waals surface area (Å²) >= 11 is 6.79. The molecule has 16 heavy (non-hydrogen) atoms. The van der Waals surface area contributed by atoms with Gasteiger partial charge in [-0.1, -0.05) is 28.1 Å². The highest BCUT2D eigenvalue weighted by Crippen LogP contribution is 2.23. The summed E-state index contributed by atoms with van der Waals surface area (Å²) in [7, 11) is 0. The van der Waals surface area contributed by atoms with Crippen molar-refractivity contribution >= 4 is 37.8 Å². The average molecular weight is 345 g/mol. The number of hydrogen-bond donors (Lipinski definition) is 0. The Labute approximate surface area is 112 Å². The third-order valence-electron chi connectivity index (χ3n) is 2.51. The van der Waals surface area contributed by atoms with Crippen LogP contribution >= 0.6 is 31.9 Å². The van der Waals surface area contributed by atoms with Crippen LogP contribution in [-0.2, 0) is 0 Å². The summed E-state index contributed by atoms with van der Waals surface area (Å²) in [4.78, 5) is 14.0. The highest BCUT2D eigenvalue weighted by Gasteiger charge is 2.18. The van der Waals surface area contributed by atoms with Gasteiger partial charge < -0.3 is 4.90 Å². The van der Waals surface area contributed by atoms with Gasteiger partial charge in [0.25, 0.3) is 5.91 Å². The molecule has 1 aliphatic rings. The van der Waals surface area contributed by atoms with Gasteiger partial charge in [-0.25, -0.2) is 0 Å². The minimum Gasteiger partial charge on any atom is -0.335 e. The Hall–Kier alpha value is -0.610. The molecule has 0 unspecified atom stereocenters. The summed E-state index contributed by atoms with van der Waals surface area (Å²) in [5, 5.41) is 0. The molecule has 0 fully saturated rings. The van der Waals surface area contributed by atoms with Crippen LogP contribution in [0.15, 0.2) is 39.3 Å². The smallest absolute Gasteiger partial charge is 0.255 e. The Kier molecular flexibility index (Phi) is 3.82. The Bertz CT molecular complexity index is 443. The summed E-state index contributed by atoms with van der Waals surface area (Å²) in [5.41, 5.74) is 0.721. The van der Waals surface area contributed by atoms with E-state index in [0.717, 1.165) is 27.5 Å². The predicted octanol–water partition coefficient (Wildman–Crippen LogP) is 3.61. The first-order valence-corrected chi connectivity index (χ1v) is 6.66. The molecule has 1 aromatic carbocycles. The van der Waals surface area contributed by atoms with Crippen LogP contribution in [0.5, 0.6) is 0 Å². The van der Waals surface area contributed by atoms with Gasteiger partial charge in [-0.05, 0) is 40.5 Å². The topological polar surface area (TPSA) is 20.3 Å². The van der Waals surface area contributed by atoms with Crippen molar-refractivity contribution < 1.29 is 4.79 Å². The van der Waals surface area contributed by atoms with Crippen LogP contribution in [0.2, 0.25) is 0 Å². The number of amides is 1. The van der Waals surface area contributed by atoms with Gasteiger partial charge in [0.05, 0.1) is 5.56 Å². The lowest BCUT2D eigenvalue weighted by Crippen LogP contribution is -2.33. The molecule has 2 rings (SSSR count). The van der Waals surface area contributed by atoms with Gasteiger partial charge >= 0.3 is 0 Å². The van der Waals surface area contributed by atoms with E-state index in [2.05, 4.69) is 37.9 Å². The van der Waals surface area contributed by atoms with Gasteiger partial charge in [-0.2, -0.15) is 0 Å². The predicted molar refractivity (Wildman–Crippen MR) is 71.5 cm³/mol. The van der Waals surface area contributed by atoms with Crippen molar-refractivity contribution in [2.24, 2.45) is 0 Å². The molecule has 2 nitrogen and oxygen atoms in total. The maximum Gasteiger partial charge on any atom is 0.255 e. The van der Waals surface area contributed by atoms with E-state index in [1.807, 2.05) is 29.2 Å². The molecule has 0 saturated carbocycles. The molecule has 0 bridgehead atoms. The zero-order chi connectivity index (χ0) is 11.5. The SMILES string of the molecule is O=C(c1ccc(Br)cc1Br)N1CC=CCC1. The van der Waals surface area contributed by atoms with Crippen LogP contribution in [0.4, 0.5) is 0 Å². The second-order valence-corrected chi connectivity index (χ2v) is 5.41. The van der Waals surface area contributed by atoms with Crippen LogP contribution in [0.3, 0.4) is 0 Å². The molecule has 0 aromatic heterocycles. The molecular formula is C12H11Br2NO. The fourth-order valence-electron chi connectivity index (χ4n) is 1.66. The summed E-state index contributed by atoms with van der Waals surface area (Å²) in [6, 6.07) is 5.62. The summed E-state index contributed by atoms with van der Waals surface area (Å²) in [6.07, 6.45) is 5.09. The lowest BCUT2D eigenvalue weighted by Gasteiger charge is -2.23. The minimum atomic E-state index is 0.0868. The monoisotopic (exact) mass is 343 g/mol. The molecule has 1 amide bonds. The largest absolute Gasteiger partial charge is 0.335 e. The maximum absolute atomic E-state index is 12.2. The molecule has 84 valence electrons. The number of halogens is 2. The third kappa shape index (κ3) is 2.55. The fraction of sp³-hybridized carbons (Fsp3) is 0.250. The summed E-state index contributed by atoms with van der Waals surface area (Å²) in [6.45, 7) is 1.51. The number of benzene rings is 1. The number of nitrogens with zero attached hydrogens (tertiary/aromatic N) is 1. The number of carbonyl (C=O) groups is 1. The van der Waals surface area contributed by atoms with E-state index < -0.39 is 0 Å². The van der Waals surface area contributed by atoms with E-state index in [4.69, 9.17) is 0 Å². The van der Waals surface area contributed by atoms with E-state index in [1.54, 1.807) is 0 Å². The van der Waals surface area contributed by atoms with E-state index >= 15 is 0 Å². The van der Waals surface area contributed by atoms with Crippen LogP contribution in [-0.4, -0.2) is 23.9 Å². The van der Waals surface area contributed by atoms with Gasteiger partial charge in [0.1, 0.15) is 0 Å². The Morgan fingerprint density at radius 2 is 2.06 bits per heavy atom. The second kappa shape index (κ2) is 5.15. The standard InChI is InChI=1S/C12H11Br2NO/c13-9-4-5-10(11(14)8-9)12(16)15-6-2-1-3-7-15/h1-2,4-5,8H,3,6-7H2. The maximum atomic E-state index is 12.2. The first kappa shape index (κ1) is 11.9. The average Bonchev–Trinajstić information content (AvgIpc) is 2.29. The first-order chi connectivity index (χ1) is 7.68. The molecule has 0 saturated heterocycles. The lowest BCUT2D eigenvalue weighted by atomic mass is 10.1. The molecule has 1 aromatic rings. The van der Waals surface area contributed by atoms with Crippen LogP contribution in [0, 0.1) is 0 Å². The lowest BCUT2D eigenvalue weighted by molar-refractivity contribution is 0.0770. The van der Waals surface area contributed by atoms with Crippen molar-refractivity contribution in [3.05, 3.63) is 44.9 Å². The minimum absolute atomic E-state index is 0.0868. The van der Waals surface area contributed by atoms with Crippen molar-refractivity contribution in [3.63, 3.8) is 0 Å². The van der Waals surface area contributed by atoms with Crippen LogP contribution < -0.4 is 0 Å². The van der Waals surface area contributed by atoms with E-state index in [-0.39, 0.29) is 5.91 Å². The quantitative estimate of drug-likeness (QED) is 0.712. The summed E-state index contributed by atoms with van der Waals surface area (Å²) in [5.74, 6) is 0.0868. The third-order valence-corrected chi connectivity index (χ3v) is 3.66. The zero-order valence-corrected chi connectivity index (χ0v) is 11.8. The van der Waals surface area contributed by atoms with Crippen LogP contribution in [0.25, 0.3) is 0 Å². The number of hydrogen-bond acceptors (Lipinski definition) is 1. The molecule has 4 heteroatoms. The second-order valence-electron chi connectivity index (χ2n) is 3.64. The van der Waals surface area contributed by atoms with Gasteiger partial charge in [0.2, 0.25) is 0 Å². The fourth-order valence-corrected chi connectivity index (χ4v) is 2.88. The molecule has 0 atom stereocenters. The molecule has 0 N–H and O–H groups in total. The molecule has 1 heterocycles. The zero-order valence-electron chi connectivity index (χ0n) is 8.62. The van der Waals surface area contributed by atoms with Crippen molar-refractivity contribution in [1.82, 2.24) is 4.90 Å². The Morgan fingerprint density at radius 3 is 2.69 bits per heavy atom. The van der Waals surface area contributed by atoms with Gasteiger partial charge in [-0.15, -0.1) is 0 Å². The normalized spacial score (nSPS) is 15.2. The van der Waals surface area contributed by atoms with Crippen molar-refractivity contribution in [2.75, 3.05) is 13.1 Å². The van der Waals surface area contributed by atoms with Crippen LogP contribution in [0.1, 0.15) is 16.8 Å².